The van der Waals surface area contributed by atoms with E-state index >= 15 is 0 Å². The molecule has 0 saturated carbocycles. The summed E-state index contributed by atoms with van der Waals surface area (Å²) in [4.78, 5) is 7.37. The van der Waals surface area contributed by atoms with Crippen molar-refractivity contribution < 1.29 is 0 Å². The number of hydrogen-bond acceptors (Lipinski definition) is 2. The van der Waals surface area contributed by atoms with Crippen LogP contribution in [0.25, 0.3) is 0 Å². The maximum Gasteiger partial charge on any atom is 0.191 e. The van der Waals surface area contributed by atoms with Crippen LogP contribution in [-0.2, 0) is 6.42 Å². The molecule has 1 heterocycles. The standard InChI is InChI=1S/C21H36N4.HI/c1-5-13-25-14-10-20(11-15-25)24-21(22-6-2)23-12-9-19-8-7-17(3)16-18(19)4;/h7-8,16,20H,5-6,9-15H2,1-4H3,(H2,22,23,24);1H. The molecular formula is C21H37IN4. The van der Waals surface area contributed by atoms with E-state index in [1.165, 1.54) is 55.6 Å². The molecule has 5 heteroatoms. The van der Waals surface area contributed by atoms with Gasteiger partial charge in [0.05, 0.1) is 0 Å². The number of halogens is 1. The average Bonchev–Trinajstić information content (AvgIpc) is 2.59. The molecule has 1 aromatic carbocycles. The van der Waals surface area contributed by atoms with Crippen LogP contribution >= 0.6 is 24.0 Å². The molecule has 4 nitrogen and oxygen atoms in total. The molecule has 2 N–H and O–H groups in total. The SMILES string of the molecule is CCCN1CCC(NC(=NCCc2ccc(C)cc2C)NCC)CC1.I. The van der Waals surface area contributed by atoms with E-state index in [2.05, 4.69) is 61.4 Å². The lowest BCUT2D eigenvalue weighted by atomic mass is 10.0. The Balaban J connectivity index is 0.00000338. The van der Waals surface area contributed by atoms with E-state index in [1.807, 2.05) is 0 Å². The molecular weight excluding hydrogens is 435 g/mol. The van der Waals surface area contributed by atoms with Crippen molar-refractivity contribution in [2.24, 2.45) is 4.99 Å². The summed E-state index contributed by atoms with van der Waals surface area (Å²) in [6, 6.07) is 7.24. The zero-order chi connectivity index (χ0) is 18.1. The lowest BCUT2D eigenvalue weighted by Gasteiger charge is -2.32. The molecule has 0 amide bonds. The third-order valence-electron chi connectivity index (χ3n) is 4.96. The van der Waals surface area contributed by atoms with Gasteiger partial charge >= 0.3 is 0 Å². The Morgan fingerprint density at radius 1 is 1.19 bits per heavy atom. The van der Waals surface area contributed by atoms with Crippen molar-refractivity contribution in [3.8, 4) is 0 Å². The predicted octanol–water partition coefficient (Wildman–Crippen LogP) is 3.89. The maximum atomic E-state index is 4.80. The van der Waals surface area contributed by atoms with Crippen LogP contribution in [0.4, 0.5) is 0 Å². The Labute approximate surface area is 177 Å². The first-order valence-corrected chi connectivity index (χ1v) is 9.95. The molecule has 1 aromatic rings. The van der Waals surface area contributed by atoms with Crippen LogP contribution in [0.2, 0.25) is 0 Å². The third-order valence-corrected chi connectivity index (χ3v) is 4.96. The molecule has 26 heavy (non-hydrogen) atoms. The van der Waals surface area contributed by atoms with Crippen LogP contribution in [-0.4, -0.2) is 49.6 Å². The van der Waals surface area contributed by atoms with Crippen LogP contribution in [0, 0.1) is 13.8 Å². The summed E-state index contributed by atoms with van der Waals surface area (Å²) in [5, 5.41) is 7.04. The van der Waals surface area contributed by atoms with Gasteiger partial charge in [-0.1, -0.05) is 30.7 Å². The second-order valence-electron chi connectivity index (χ2n) is 7.20. The van der Waals surface area contributed by atoms with Gasteiger partial charge in [-0.15, -0.1) is 24.0 Å². The second-order valence-corrected chi connectivity index (χ2v) is 7.20. The van der Waals surface area contributed by atoms with Crippen molar-refractivity contribution in [1.82, 2.24) is 15.5 Å². The smallest absolute Gasteiger partial charge is 0.191 e. The summed E-state index contributed by atoms with van der Waals surface area (Å²) in [6.45, 7) is 14.1. The van der Waals surface area contributed by atoms with Gasteiger partial charge in [-0.3, -0.25) is 4.99 Å². The molecule has 148 valence electrons. The zero-order valence-corrected chi connectivity index (χ0v) is 19.3. The fraction of sp³-hybridized carbons (Fsp3) is 0.667. The van der Waals surface area contributed by atoms with E-state index in [4.69, 9.17) is 4.99 Å². The molecule has 0 unspecified atom stereocenters. The fourth-order valence-electron chi connectivity index (χ4n) is 3.54. The lowest BCUT2D eigenvalue weighted by Crippen LogP contribution is -2.48. The number of piperidine rings is 1. The van der Waals surface area contributed by atoms with Gasteiger partial charge < -0.3 is 15.5 Å². The molecule has 0 radical (unpaired) electrons. The fourth-order valence-corrected chi connectivity index (χ4v) is 3.54. The largest absolute Gasteiger partial charge is 0.357 e. The average molecular weight is 472 g/mol. The minimum absolute atomic E-state index is 0. The first-order valence-electron chi connectivity index (χ1n) is 9.95. The number of aryl methyl sites for hydroxylation is 2. The summed E-state index contributed by atoms with van der Waals surface area (Å²) in [7, 11) is 0. The van der Waals surface area contributed by atoms with E-state index in [1.54, 1.807) is 0 Å². The Hall–Kier alpha value is -0.820. The molecule has 0 aromatic heterocycles. The van der Waals surface area contributed by atoms with E-state index < -0.39 is 0 Å². The normalized spacial score (nSPS) is 16.2. The number of rotatable bonds is 7. The van der Waals surface area contributed by atoms with Crippen molar-refractivity contribution in [3.63, 3.8) is 0 Å². The van der Waals surface area contributed by atoms with Crippen LogP contribution in [0.15, 0.2) is 23.2 Å². The van der Waals surface area contributed by atoms with Crippen molar-refractivity contribution in [1.29, 1.82) is 0 Å². The van der Waals surface area contributed by atoms with Crippen LogP contribution < -0.4 is 10.6 Å². The third kappa shape index (κ3) is 7.82. The van der Waals surface area contributed by atoms with Gasteiger partial charge in [-0.2, -0.15) is 0 Å². The molecule has 0 bridgehead atoms. The monoisotopic (exact) mass is 472 g/mol. The van der Waals surface area contributed by atoms with Crippen LogP contribution in [0.1, 0.15) is 49.8 Å². The van der Waals surface area contributed by atoms with E-state index in [0.717, 1.165) is 25.5 Å². The Kier molecular flexibility index (Phi) is 11.2. The molecule has 2 rings (SSSR count). The number of likely N-dealkylation sites (tertiary alicyclic amines) is 1. The van der Waals surface area contributed by atoms with Crippen molar-refractivity contribution in [2.75, 3.05) is 32.7 Å². The van der Waals surface area contributed by atoms with Gasteiger partial charge in [0.15, 0.2) is 5.96 Å². The Morgan fingerprint density at radius 2 is 1.92 bits per heavy atom. The highest BCUT2D eigenvalue weighted by Gasteiger charge is 2.19. The van der Waals surface area contributed by atoms with E-state index in [-0.39, 0.29) is 24.0 Å². The summed E-state index contributed by atoms with van der Waals surface area (Å²) < 4.78 is 0. The minimum Gasteiger partial charge on any atom is -0.357 e. The molecule has 1 aliphatic rings. The highest BCUT2D eigenvalue weighted by atomic mass is 127. The summed E-state index contributed by atoms with van der Waals surface area (Å²) >= 11 is 0. The number of benzene rings is 1. The zero-order valence-electron chi connectivity index (χ0n) is 17.0. The second kappa shape index (κ2) is 12.5. The van der Waals surface area contributed by atoms with Crippen molar-refractivity contribution in [3.05, 3.63) is 34.9 Å². The van der Waals surface area contributed by atoms with E-state index in [9.17, 15) is 0 Å². The minimum atomic E-state index is 0. The molecule has 0 aliphatic carbocycles. The molecule has 1 aliphatic heterocycles. The highest BCUT2D eigenvalue weighted by molar-refractivity contribution is 14.0. The maximum absolute atomic E-state index is 4.80. The lowest BCUT2D eigenvalue weighted by molar-refractivity contribution is 0.206. The molecule has 1 saturated heterocycles. The molecule has 0 atom stereocenters. The summed E-state index contributed by atoms with van der Waals surface area (Å²) in [6.07, 6.45) is 4.67. The van der Waals surface area contributed by atoms with Gasteiger partial charge in [-0.05, 0) is 64.1 Å². The van der Waals surface area contributed by atoms with E-state index in [0.29, 0.717) is 6.04 Å². The van der Waals surface area contributed by atoms with Crippen LogP contribution in [0.5, 0.6) is 0 Å². The topological polar surface area (TPSA) is 39.7 Å². The van der Waals surface area contributed by atoms with Crippen molar-refractivity contribution >= 4 is 29.9 Å². The number of nitrogens with one attached hydrogen (secondary N) is 2. The summed E-state index contributed by atoms with van der Waals surface area (Å²) in [5.41, 5.74) is 4.10. The number of aliphatic imine (C=N–C) groups is 1. The van der Waals surface area contributed by atoms with Crippen LogP contribution in [0.3, 0.4) is 0 Å². The highest BCUT2D eigenvalue weighted by Crippen LogP contribution is 2.12. The van der Waals surface area contributed by atoms with Gasteiger partial charge in [0.2, 0.25) is 0 Å². The van der Waals surface area contributed by atoms with Crippen molar-refractivity contribution in [2.45, 2.75) is 59.4 Å². The number of guanidine groups is 1. The molecule has 0 spiro atoms. The number of hydrogen-bond donors (Lipinski definition) is 2. The number of nitrogens with zero attached hydrogens (tertiary/aromatic N) is 2. The molecule has 1 fully saturated rings. The van der Waals surface area contributed by atoms with Gasteiger partial charge in [-0.25, -0.2) is 0 Å². The Morgan fingerprint density at radius 3 is 2.54 bits per heavy atom. The first kappa shape index (κ1) is 23.2. The summed E-state index contributed by atoms with van der Waals surface area (Å²) in [5.74, 6) is 0.973. The predicted molar refractivity (Wildman–Crippen MR) is 124 cm³/mol. The van der Waals surface area contributed by atoms with Gasteiger partial charge in [0, 0.05) is 32.2 Å². The quantitative estimate of drug-likeness (QED) is 0.359. The Bertz CT molecular complexity index is 551. The van der Waals surface area contributed by atoms with Gasteiger partial charge in [0.25, 0.3) is 0 Å². The van der Waals surface area contributed by atoms with Gasteiger partial charge in [0.1, 0.15) is 0 Å². The first-order chi connectivity index (χ1) is 12.1.